The largest absolute Gasteiger partial charge is 0.529 e. The van der Waals surface area contributed by atoms with Crippen LogP contribution in [0, 0.1) is 5.92 Å². The molecule has 0 aromatic heterocycles. The van der Waals surface area contributed by atoms with Crippen molar-refractivity contribution in [2.45, 2.75) is 39.5 Å². The molecule has 0 heterocycles. The molecule has 0 rings (SSSR count). The zero-order valence-corrected chi connectivity index (χ0v) is 9.72. The first-order valence-corrected chi connectivity index (χ1v) is 5.15. The summed E-state index contributed by atoms with van der Waals surface area (Å²) < 4.78 is 4.80. The predicted octanol–water partition coefficient (Wildman–Crippen LogP) is 1.03. The smallest absolute Gasteiger partial charge is 0.294 e. The Hall–Kier alpha value is -0.313. The maximum Gasteiger partial charge on any atom is 0.294 e. The molecule has 0 amide bonds. The average molecular weight is 174 g/mol. The highest BCUT2D eigenvalue weighted by Crippen LogP contribution is 2.13. The van der Waals surface area contributed by atoms with Crippen LogP contribution in [0.5, 0.6) is 0 Å². The highest BCUT2D eigenvalue weighted by Gasteiger charge is 2.14. The van der Waals surface area contributed by atoms with Gasteiger partial charge in [-0.25, -0.2) is 0 Å². The second-order valence-electron chi connectivity index (χ2n) is 2.77. The number of rotatable bonds is 5. The van der Waals surface area contributed by atoms with Crippen molar-refractivity contribution >= 4 is 16.5 Å². The number of carbonyl (C=O) groups is 1. The van der Waals surface area contributed by atoms with E-state index in [-0.39, 0.29) is 11.9 Å². The molecule has 0 saturated heterocycles. The van der Waals surface area contributed by atoms with Crippen molar-refractivity contribution < 1.29 is 9.22 Å². The van der Waals surface area contributed by atoms with Gasteiger partial charge in [0.15, 0.2) is 0 Å². The molecule has 0 spiro atoms. The van der Waals surface area contributed by atoms with Crippen LogP contribution in [0.25, 0.3) is 0 Å². The number of carbonyl (C=O) groups excluding carboxylic acids is 1. The fraction of sp³-hybridized carbons (Fsp3) is 0.875. The van der Waals surface area contributed by atoms with Gasteiger partial charge in [0.05, 0.1) is 5.92 Å². The Morgan fingerprint density at radius 2 is 2.18 bits per heavy atom. The van der Waals surface area contributed by atoms with Crippen molar-refractivity contribution in [2.24, 2.45) is 5.92 Å². The van der Waals surface area contributed by atoms with Gasteiger partial charge < -0.3 is 4.43 Å². The van der Waals surface area contributed by atoms with Gasteiger partial charge in [0.25, 0.3) is 5.97 Å². The van der Waals surface area contributed by atoms with E-state index in [1.165, 1.54) is 0 Å². The predicted molar refractivity (Wildman–Crippen MR) is 49.3 cm³/mol. The zero-order chi connectivity index (χ0) is 8.69. The maximum absolute atomic E-state index is 11.1. The van der Waals surface area contributed by atoms with Crippen LogP contribution in [0.4, 0.5) is 0 Å². The third-order valence-electron chi connectivity index (χ3n) is 1.93. The number of hydrogen-bond donors (Lipinski definition) is 0. The summed E-state index contributed by atoms with van der Waals surface area (Å²) in [6.07, 6.45) is 4.20. The van der Waals surface area contributed by atoms with Crippen molar-refractivity contribution in [1.29, 1.82) is 0 Å². The van der Waals surface area contributed by atoms with Crippen LogP contribution >= 0.6 is 0 Å². The lowest BCUT2D eigenvalue weighted by atomic mass is 10.00. The molecule has 3 heteroatoms. The summed E-state index contributed by atoms with van der Waals surface area (Å²) in [6.45, 7) is 4.18. The quantitative estimate of drug-likeness (QED) is 0.582. The van der Waals surface area contributed by atoms with Crippen LogP contribution in [-0.2, 0) is 9.22 Å². The minimum absolute atomic E-state index is 0.00705. The summed E-state index contributed by atoms with van der Waals surface area (Å²) in [4.78, 5) is 11.1. The third-order valence-corrected chi connectivity index (χ3v) is 2.34. The zero-order valence-electron chi connectivity index (χ0n) is 7.72. The molecule has 0 aliphatic carbocycles. The molecular weight excluding hydrogens is 156 g/mol. The first-order valence-electron chi connectivity index (χ1n) is 4.34. The van der Waals surface area contributed by atoms with Gasteiger partial charge in [0, 0.05) is 0 Å². The van der Waals surface area contributed by atoms with E-state index >= 15 is 0 Å². The molecule has 0 N–H and O–H groups in total. The van der Waals surface area contributed by atoms with E-state index < -0.39 is 0 Å². The Morgan fingerprint density at radius 1 is 1.55 bits per heavy atom. The van der Waals surface area contributed by atoms with Gasteiger partial charge in [0.1, 0.15) is 0 Å². The topological polar surface area (TPSA) is 26.3 Å². The Morgan fingerprint density at radius 3 is 2.55 bits per heavy atom. The van der Waals surface area contributed by atoms with E-state index in [1.54, 1.807) is 0 Å². The number of hydrogen-bond acceptors (Lipinski definition) is 2. The minimum Gasteiger partial charge on any atom is -0.529 e. The van der Waals surface area contributed by atoms with Crippen molar-refractivity contribution in [3.8, 4) is 0 Å². The van der Waals surface area contributed by atoms with Gasteiger partial charge in [-0.1, -0.05) is 26.7 Å². The van der Waals surface area contributed by atoms with Gasteiger partial charge in [-0.2, -0.15) is 0 Å². The molecule has 66 valence electrons. The Bertz CT molecular complexity index is 115. The molecule has 1 atom stereocenters. The molecule has 0 aromatic rings. The molecule has 2 nitrogen and oxygen atoms in total. The lowest BCUT2D eigenvalue weighted by Crippen LogP contribution is -2.15. The van der Waals surface area contributed by atoms with E-state index in [1.807, 2.05) is 6.92 Å². The molecule has 0 fully saturated rings. The SMILES string of the molecule is CCCCC(CC)C(=O)O[SiH3]. The van der Waals surface area contributed by atoms with Gasteiger partial charge >= 0.3 is 0 Å². The van der Waals surface area contributed by atoms with E-state index in [0.717, 1.165) is 25.7 Å². The van der Waals surface area contributed by atoms with Crippen LogP contribution in [-0.4, -0.2) is 16.5 Å². The fourth-order valence-electron chi connectivity index (χ4n) is 1.11. The average Bonchev–Trinajstić information content (AvgIpc) is 2.05. The molecule has 0 radical (unpaired) electrons. The van der Waals surface area contributed by atoms with Crippen molar-refractivity contribution in [1.82, 2.24) is 0 Å². The molecule has 0 aliphatic rings. The standard InChI is InChI=1S/C8H18O2Si/c1-3-5-6-7(4-2)8(9)10-11/h7H,3-6H2,1-2,11H3. The lowest BCUT2D eigenvalue weighted by Gasteiger charge is -2.11. The first-order chi connectivity index (χ1) is 5.26. The van der Waals surface area contributed by atoms with Crippen molar-refractivity contribution in [3.05, 3.63) is 0 Å². The van der Waals surface area contributed by atoms with E-state index in [4.69, 9.17) is 4.43 Å². The number of unbranched alkanes of at least 4 members (excludes halogenated alkanes) is 1. The lowest BCUT2D eigenvalue weighted by molar-refractivity contribution is -0.138. The summed E-state index contributed by atoms with van der Waals surface area (Å²) in [5.41, 5.74) is 0. The normalized spacial score (nSPS) is 12.9. The fourth-order valence-corrected chi connectivity index (χ4v) is 1.44. The maximum atomic E-state index is 11.1. The van der Waals surface area contributed by atoms with E-state index in [9.17, 15) is 4.79 Å². The first kappa shape index (κ1) is 10.7. The highest BCUT2D eigenvalue weighted by atomic mass is 28.2. The Kier molecular flexibility index (Phi) is 6.22. The Labute approximate surface area is 71.9 Å². The molecule has 0 aliphatic heterocycles. The Balaban J connectivity index is 3.65. The van der Waals surface area contributed by atoms with Crippen LogP contribution in [0.3, 0.4) is 0 Å². The van der Waals surface area contributed by atoms with Crippen LogP contribution < -0.4 is 0 Å². The molecule has 1 unspecified atom stereocenters. The summed E-state index contributed by atoms with van der Waals surface area (Å²) >= 11 is 0. The highest BCUT2D eigenvalue weighted by molar-refractivity contribution is 6.05. The molecule has 0 bridgehead atoms. The molecule has 0 saturated carbocycles. The summed E-state index contributed by atoms with van der Waals surface area (Å²) in [5, 5.41) is 0. The van der Waals surface area contributed by atoms with E-state index in [2.05, 4.69) is 6.92 Å². The minimum atomic E-state index is 0.00705. The summed E-state index contributed by atoms with van der Waals surface area (Å²) in [5.74, 6) is 0.167. The second-order valence-corrected chi connectivity index (χ2v) is 3.18. The van der Waals surface area contributed by atoms with Gasteiger partial charge in [-0.05, 0) is 12.8 Å². The molecule has 11 heavy (non-hydrogen) atoms. The monoisotopic (exact) mass is 174 g/mol. The van der Waals surface area contributed by atoms with Crippen LogP contribution in [0.15, 0.2) is 0 Å². The summed E-state index contributed by atoms with van der Waals surface area (Å²) in [6, 6.07) is 0. The van der Waals surface area contributed by atoms with Gasteiger partial charge in [-0.15, -0.1) is 0 Å². The van der Waals surface area contributed by atoms with Crippen molar-refractivity contribution in [2.75, 3.05) is 0 Å². The van der Waals surface area contributed by atoms with Gasteiger partial charge in [-0.3, -0.25) is 4.79 Å². The third kappa shape index (κ3) is 4.19. The molecular formula is C8H18O2Si. The molecule has 0 aromatic carbocycles. The van der Waals surface area contributed by atoms with Crippen molar-refractivity contribution in [3.63, 3.8) is 0 Å². The van der Waals surface area contributed by atoms with E-state index in [0.29, 0.717) is 10.5 Å². The van der Waals surface area contributed by atoms with Gasteiger partial charge in [0.2, 0.25) is 10.5 Å². The second kappa shape index (κ2) is 6.40. The van der Waals surface area contributed by atoms with Crippen LogP contribution in [0.2, 0.25) is 0 Å². The summed E-state index contributed by atoms with van der Waals surface area (Å²) in [7, 11) is 0.534. The van der Waals surface area contributed by atoms with Crippen LogP contribution in [0.1, 0.15) is 39.5 Å².